The van der Waals surface area contributed by atoms with Gasteiger partial charge in [-0.3, -0.25) is 15.2 Å². The number of nitro benzene ring substituents is 1. The fourth-order valence-corrected chi connectivity index (χ4v) is 1.53. The van der Waals surface area contributed by atoms with E-state index in [1.165, 1.54) is 31.5 Å². The lowest BCUT2D eigenvalue weighted by Crippen LogP contribution is -1.94. The molecule has 0 amide bonds. The van der Waals surface area contributed by atoms with Gasteiger partial charge in [-0.25, -0.2) is 4.79 Å². The summed E-state index contributed by atoms with van der Waals surface area (Å²) in [7, 11) is 1.26. The largest absolute Gasteiger partial charge is 0.466 e. The van der Waals surface area contributed by atoms with Crippen LogP contribution in [0.1, 0.15) is 5.56 Å². The van der Waals surface area contributed by atoms with E-state index in [-0.39, 0.29) is 5.69 Å². The maximum Gasteiger partial charge on any atom is 0.330 e. The third-order valence-corrected chi connectivity index (χ3v) is 2.37. The van der Waals surface area contributed by atoms with E-state index in [0.717, 1.165) is 0 Å². The van der Waals surface area contributed by atoms with Crippen molar-refractivity contribution in [2.45, 2.75) is 0 Å². The lowest BCUT2D eigenvalue weighted by atomic mass is 10.1. The average Bonchev–Trinajstić information content (AvgIpc) is 2.82. The van der Waals surface area contributed by atoms with E-state index in [2.05, 4.69) is 14.9 Å². The quantitative estimate of drug-likeness (QED) is 0.385. The first-order chi connectivity index (χ1) is 8.61. The van der Waals surface area contributed by atoms with Gasteiger partial charge in [0.15, 0.2) is 0 Å². The lowest BCUT2D eigenvalue weighted by Gasteiger charge is -1.97. The van der Waals surface area contributed by atoms with Crippen molar-refractivity contribution >= 4 is 28.6 Å². The number of carbonyl (C=O) groups excluding carboxylic acids is 1. The molecule has 1 heterocycles. The van der Waals surface area contributed by atoms with E-state index in [1.54, 1.807) is 6.07 Å². The first-order valence-corrected chi connectivity index (χ1v) is 4.99. The Hall–Kier alpha value is -2.70. The van der Waals surface area contributed by atoms with Gasteiger partial charge in [0.2, 0.25) is 0 Å². The molecule has 18 heavy (non-hydrogen) atoms. The third kappa shape index (κ3) is 2.19. The molecule has 1 aromatic heterocycles. The zero-order chi connectivity index (χ0) is 13.1. The number of hydrogen-bond acceptors (Lipinski definition) is 5. The second-order valence-corrected chi connectivity index (χ2v) is 3.48. The molecule has 7 heteroatoms. The van der Waals surface area contributed by atoms with Gasteiger partial charge in [0.25, 0.3) is 5.69 Å². The lowest BCUT2D eigenvalue weighted by molar-refractivity contribution is -0.383. The monoisotopic (exact) mass is 247 g/mol. The number of non-ortho nitro benzene ring substituents is 1. The molecular formula is C11H9N3O4. The molecule has 92 valence electrons. The summed E-state index contributed by atoms with van der Waals surface area (Å²) in [5.74, 6) is -0.526. The summed E-state index contributed by atoms with van der Waals surface area (Å²) in [6.45, 7) is 0. The Morgan fingerprint density at radius 2 is 2.33 bits per heavy atom. The molecule has 0 spiro atoms. The van der Waals surface area contributed by atoms with Crippen LogP contribution in [0.25, 0.3) is 17.0 Å². The Morgan fingerprint density at radius 1 is 1.56 bits per heavy atom. The number of H-pyrrole nitrogens is 1. The van der Waals surface area contributed by atoms with E-state index in [0.29, 0.717) is 16.5 Å². The molecule has 0 unspecified atom stereocenters. The number of nitrogens with one attached hydrogen (secondary N) is 1. The van der Waals surface area contributed by atoms with Crippen molar-refractivity contribution in [2.75, 3.05) is 7.11 Å². The Kier molecular flexibility index (Phi) is 3.05. The summed E-state index contributed by atoms with van der Waals surface area (Å²) >= 11 is 0. The normalized spacial score (nSPS) is 10.9. The predicted octanol–water partition coefficient (Wildman–Crippen LogP) is 1.66. The smallest absolute Gasteiger partial charge is 0.330 e. The van der Waals surface area contributed by atoms with Crippen LogP contribution < -0.4 is 0 Å². The van der Waals surface area contributed by atoms with E-state index in [1.807, 2.05) is 0 Å². The zero-order valence-corrected chi connectivity index (χ0v) is 9.41. The fourth-order valence-electron chi connectivity index (χ4n) is 1.53. The van der Waals surface area contributed by atoms with Crippen LogP contribution in [-0.4, -0.2) is 28.2 Å². The summed E-state index contributed by atoms with van der Waals surface area (Å²) < 4.78 is 4.44. The number of nitrogens with zero attached hydrogens (tertiary/aromatic N) is 2. The van der Waals surface area contributed by atoms with Gasteiger partial charge in [-0.05, 0) is 17.7 Å². The first kappa shape index (κ1) is 11.8. The van der Waals surface area contributed by atoms with Crippen LogP contribution in [0.2, 0.25) is 0 Å². The van der Waals surface area contributed by atoms with Crippen LogP contribution in [0.4, 0.5) is 5.69 Å². The number of hydrogen-bond donors (Lipinski definition) is 1. The van der Waals surface area contributed by atoms with Crippen LogP contribution in [0.5, 0.6) is 0 Å². The standard InChI is InChI=1S/C11H9N3O4/c1-18-11(15)3-2-7-4-9-8(6-12-13-9)10(5-7)14(16)17/h2-6H,1H3,(H,12,13). The van der Waals surface area contributed by atoms with Crippen molar-refractivity contribution in [1.82, 2.24) is 10.2 Å². The summed E-state index contributed by atoms with van der Waals surface area (Å²) in [5, 5.41) is 17.7. The molecule has 2 rings (SSSR count). The molecule has 0 atom stereocenters. The molecule has 0 aliphatic rings. The minimum absolute atomic E-state index is 0.0641. The van der Waals surface area contributed by atoms with E-state index < -0.39 is 10.9 Å². The number of rotatable bonds is 3. The van der Waals surface area contributed by atoms with Crippen molar-refractivity contribution < 1.29 is 14.5 Å². The number of benzene rings is 1. The van der Waals surface area contributed by atoms with Crippen LogP contribution in [0.3, 0.4) is 0 Å². The third-order valence-electron chi connectivity index (χ3n) is 2.37. The summed E-state index contributed by atoms with van der Waals surface area (Å²) in [6, 6.07) is 3.03. The maximum absolute atomic E-state index is 11.0. The van der Waals surface area contributed by atoms with Crippen LogP contribution in [-0.2, 0) is 9.53 Å². The summed E-state index contributed by atoms with van der Waals surface area (Å²) in [4.78, 5) is 21.4. The highest BCUT2D eigenvalue weighted by molar-refractivity contribution is 5.92. The number of fused-ring (bicyclic) bond motifs is 1. The Bertz CT molecular complexity index is 645. The molecule has 0 saturated carbocycles. The molecule has 0 bridgehead atoms. The molecule has 7 nitrogen and oxygen atoms in total. The fraction of sp³-hybridized carbons (Fsp3) is 0.0909. The highest BCUT2D eigenvalue weighted by Gasteiger charge is 2.14. The molecule has 0 fully saturated rings. The van der Waals surface area contributed by atoms with Gasteiger partial charge >= 0.3 is 5.97 Å². The topological polar surface area (TPSA) is 98.1 Å². The Labute approximate surface area is 101 Å². The molecule has 0 aliphatic heterocycles. The van der Waals surface area contributed by atoms with Crippen LogP contribution >= 0.6 is 0 Å². The molecule has 1 aromatic carbocycles. The first-order valence-electron chi connectivity index (χ1n) is 4.99. The van der Waals surface area contributed by atoms with Gasteiger partial charge < -0.3 is 4.74 Å². The van der Waals surface area contributed by atoms with E-state index in [4.69, 9.17) is 0 Å². The van der Waals surface area contributed by atoms with Gasteiger partial charge in [0, 0.05) is 12.1 Å². The molecular weight excluding hydrogens is 238 g/mol. The molecule has 1 N–H and O–H groups in total. The predicted molar refractivity (Wildman–Crippen MR) is 63.8 cm³/mol. The van der Waals surface area contributed by atoms with Crippen molar-refractivity contribution in [2.24, 2.45) is 0 Å². The van der Waals surface area contributed by atoms with Crippen molar-refractivity contribution in [3.05, 3.63) is 40.1 Å². The van der Waals surface area contributed by atoms with Crippen molar-refractivity contribution in [1.29, 1.82) is 0 Å². The average molecular weight is 247 g/mol. The number of methoxy groups -OCH3 is 1. The summed E-state index contributed by atoms with van der Waals surface area (Å²) in [6.07, 6.45) is 4.03. The summed E-state index contributed by atoms with van der Waals surface area (Å²) in [5.41, 5.74) is 0.989. The molecule has 2 aromatic rings. The number of nitro groups is 1. The van der Waals surface area contributed by atoms with Gasteiger partial charge in [0.05, 0.1) is 29.1 Å². The van der Waals surface area contributed by atoms with Crippen molar-refractivity contribution in [3.63, 3.8) is 0 Å². The Morgan fingerprint density at radius 3 is 3.00 bits per heavy atom. The molecule has 0 aliphatic carbocycles. The highest BCUT2D eigenvalue weighted by Crippen LogP contribution is 2.26. The zero-order valence-electron chi connectivity index (χ0n) is 9.41. The number of aromatic amines is 1. The minimum atomic E-state index is -0.526. The van der Waals surface area contributed by atoms with Gasteiger partial charge in [-0.2, -0.15) is 5.10 Å². The van der Waals surface area contributed by atoms with E-state index >= 15 is 0 Å². The number of carbonyl (C=O) groups is 1. The van der Waals surface area contributed by atoms with Gasteiger partial charge in [-0.1, -0.05) is 0 Å². The molecule has 0 saturated heterocycles. The minimum Gasteiger partial charge on any atom is -0.466 e. The van der Waals surface area contributed by atoms with Gasteiger partial charge in [-0.15, -0.1) is 0 Å². The highest BCUT2D eigenvalue weighted by atomic mass is 16.6. The second kappa shape index (κ2) is 4.66. The van der Waals surface area contributed by atoms with Crippen LogP contribution in [0.15, 0.2) is 24.4 Å². The maximum atomic E-state index is 11.0. The van der Waals surface area contributed by atoms with Gasteiger partial charge in [0.1, 0.15) is 0 Å². The second-order valence-electron chi connectivity index (χ2n) is 3.48. The molecule has 0 radical (unpaired) electrons. The SMILES string of the molecule is COC(=O)C=Cc1cc([N+](=O)[O-])c2cn[nH]c2c1. The number of esters is 1. The Balaban J connectivity index is 2.49. The number of ether oxygens (including phenoxy) is 1. The van der Waals surface area contributed by atoms with Crippen LogP contribution in [0, 0.1) is 10.1 Å². The number of aromatic nitrogens is 2. The van der Waals surface area contributed by atoms with Crippen molar-refractivity contribution in [3.8, 4) is 0 Å². The van der Waals surface area contributed by atoms with E-state index in [9.17, 15) is 14.9 Å².